The first kappa shape index (κ1) is 19.3. The van der Waals surface area contributed by atoms with Crippen molar-refractivity contribution < 1.29 is 13.2 Å². The number of hydrogen-bond donors (Lipinski definition) is 1. The van der Waals surface area contributed by atoms with E-state index >= 15 is 0 Å². The third kappa shape index (κ3) is 5.21. The molecule has 7 heteroatoms. The van der Waals surface area contributed by atoms with Gasteiger partial charge in [0.15, 0.2) is 0 Å². The van der Waals surface area contributed by atoms with Crippen molar-refractivity contribution in [1.82, 2.24) is 5.32 Å². The molecule has 0 heterocycles. The molecule has 1 amide bonds. The van der Waals surface area contributed by atoms with Crippen LogP contribution in [0.1, 0.15) is 18.1 Å². The lowest BCUT2D eigenvalue weighted by molar-refractivity contribution is -0.122. The van der Waals surface area contributed by atoms with Crippen LogP contribution in [0.4, 0.5) is 5.69 Å². The second-order valence-electron chi connectivity index (χ2n) is 5.92. The molecule has 0 radical (unpaired) electrons. The van der Waals surface area contributed by atoms with Crippen molar-refractivity contribution >= 4 is 33.2 Å². The zero-order valence-electron chi connectivity index (χ0n) is 14.4. The van der Waals surface area contributed by atoms with Crippen LogP contribution < -0.4 is 9.62 Å². The summed E-state index contributed by atoms with van der Waals surface area (Å²) in [6.45, 7) is 3.74. The highest BCUT2D eigenvalue weighted by Gasteiger charge is 2.28. The summed E-state index contributed by atoms with van der Waals surface area (Å²) >= 11 is 5.84. The zero-order chi connectivity index (χ0) is 18.6. The van der Waals surface area contributed by atoms with Crippen LogP contribution in [0, 0.1) is 6.92 Å². The van der Waals surface area contributed by atoms with Gasteiger partial charge in [0.2, 0.25) is 15.9 Å². The maximum absolute atomic E-state index is 12.5. The number of halogens is 1. The fourth-order valence-corrected chi connectivity index (χ4v) is 3.81. The monoisotopic (exact) mass is 380 g/mol. The van der Waals surface area contributed by atoms with Crippen LogP contribution >= 0.6 is 11.6 Å². The molecule has 2 aromatic rings. The topological polar surface area (TPSA) is 66.5 Å². The SMILES string of the molecule is Cc1cccc(N([C@H](C)C(=O)NCc2ccc(Cl)cc2)S(C)(=O)=O)c1. The lowest BCUT2D eigenvalue weighted by Crippen LogP contribution is -2.47. The van der Waals surface area contributed by atoms with Crippen LogP contribution in [0.25, 0.3) is 0 Å². The van der Waals surface area contributed by atoms with E-state index in [-0.39, 0.29) is 5.91 Å². The smallest absolute Gasteiger partial charge is 0.243 e. The minimum Gasteiger partial charge on any atom is -0.350 e. The van der Waals surface area contributed by atoms with Crippen molar-refractivity contribution in [3.8, 4) is 0 Å². The molecule has 1 N–H and O–H groups in total. The van der Waals surface area contributed by atoms with E-state index in [1.54, 1.807) is 37.3 Å². The van der Waals surface area contributed by atoms with Crippen molar-refractivity contribution in [2.45, 2.75) is 26.4 Å². The summed E-state index contributed by atoms with van der Waals surface area (Å²) < 4.78 is 25.6. The minimum atomic E-state index is -3.61. The third-order valence-electron chi connectivity index (χ3n) is 3.72. The molecule has 25 heavy (non-hydrogen) atoms. The Bertz CT molecular complexity index is 851. The lowest BCUT2D eigenvalue weighted by Gasteiger charge is -2.28. The molecule has 0 fully saturated rings. The number of carbonyl (C=O) groups is 1. The van der Waals surface area contributed by atoms with Gasteiger partial charge in [-0.15, -0.1) is 0 Å². The maximum atomic E-state index is 12.5. The Labute approximate surface area is 153 Å². The number of nitrogens with one attached hydrogen (secondary N) is 1. The van der Waals surface area contributed by atoms with Gasteiger partial charge in [-0.2, -0.15) is 0 Å². The molecule has 0 bridgehead atoms. The van der Waals surface area contributed by atoms with Gasteiger partial charge < -0.3 is 5.32 Å². The van der Waals surface area contributed by atoms with E-state index in [9.17, 15) is 13.2 Å². The molecule has 2 rings (SSSR count). The molecule has 1 atom stereocenters. The molecule has 0 spiro atoms. The number of nitrogens with zero attached hydrogens (tertiary/aromatic N) is 1. The van der Waals surface area contributed by atoms with E-state index in [2.05, 4.69) is 5.32 Å². The number of sulfonamides is 1. The van der Waals surface area contributed by atoms with Crippen molar-refractivity contribution in [2.24, 2.45) is 0 Å². The largest absolute Gasteiger partial charge is 0.350 e. The number of amides is 1. The molecular formula is C18H21ClN2O3S. The van der Waals surface area contributed by atoms with E-state index in [1.807, 2.05) is 25.1 Å². The lowest BCUT2D eigenvalue weighted by atomic mass is 10.2. The van der Waals surface area contributed by atoms with Gasteiger partial charge in [0, 0.05) is 11.6 Å². The van der Waals surface area contributed by atoms with Crippen LogP contribution in [0.2, 0.25) is 5.02 Å². The first-order valence-corrected chi connectivity index (χ1v) is 9.99. The Kier molecular flexibility index (Phi) is 6.08. The van der Waals surface area contributed by atoms with E-state index in [0.29, 0.717) is 17.3 Å². The van der Waals surface area contributed by atoms with Gasteiger partial charge in [-0.05, 0) is 49.2 Å². The quantitative estimate of drug-likeness (QED) is 0.837. The third-order valence-corrected chi connectivity index (χ3v) is 5.22. The molecule has 0 aliphatic carbocycles. The standard InChI is InChI=1S/C18H21ClN2O3S/c1-13-5-4-6-17(11-13)21(25(3,23)24)14(2)18(22)20-12-15-7-9-16(19)10-8-15/h4-11,14H,12H2,1-3H3,(H,20,22)/t14-/m1/s1. The maximum Gasteiger partial charge on any atom is 0.243 e. The molecule has 0 aliphatic rings. The highest BCUT2D eigenvalue weighted by atomic mass is 35.5. The molecule has 5 nitrogen and oxygen atoms in total. The first-order valence-electron chi connectivity index (χ1n) is 7.76. The Morgan fingerprint density at radius 1 is 1.20 bits per heavy atom. The molecule has 0 aliphatic heterocycles. The van der Waals surface area contributed by atoms with Crippen LogP contribution in [0.15, 0.2) is 48.5 Å². The van der Waals surface area contributed by atoms with E-state index in [4.69, 9.17) is 11.6 Å². The van der Waals surface area contributed by atoms with Crippen molar-refractivity contribution in [1.29, 1.82) is 0 Å². The normalized spacial score (nSPS) is 12.5. The fourth-order valence-electron chi connectivity index (χ4n) is 2.51. The average Bonchev–Trinajstić information content (AvgIpc) is 2.53. The predicted molar refractivity (Wildman–Crippen MR) is 101 cm³/mol. The van der Waals surface area contributed by atoms with E-state index in [0.717, 1.165) is 21.7 Å². The Hall–Kier alpha value is -2.05. The predicted octanol–water partition coefficient (Wildman–Crippen LogP) is 3.12. The summed E-state index contributed by atoms with van der Waals surface area (Å²) in [4.78, 5) is 12.5. The van der Waals surface area contributed by atoms with Gasteiger partial charge in [-0.25, -0.2) is 8.42 Å². The molecule has 0 saturated carbocycles. The first-order chi connectivity index (χ1) is 11.7. The van der Waals surface area contributed by atoms with Gasteiger partial charge in [-0.1, -0.05) is 35.9 Å². The van der Waals surface area contributed by atoms with Crippen LogP contribution in [-0.2, 0) is 21.4 Å². The highest BCUT2D eigenvalue weighted by Crippen LogP contribution is 2.22. The highest BCUT2D eigenvalue weighted by molar-refractivity contribution is 7.92. The van der Waals surface area contributed by atoms with Crippen LogP contribution in [0.5, 0.6) is 0 Å². The summed E-state index contributed by atoms with van der Waals surface area (Å²) in [6.07, 6.45) is 1.10. The van der Waals surface area contributed by atoms with Gasteiger partial charge in [-0.3, -0.25) is 9.10 Å². The van der Waals surface area contributed by atoms with Gasteiger partial charge >= 0.3 is 0 Å². The van der Waals surface area contributed by atoms with Gasteiger partial charge in [0.25, 0.3) is 0 Å². The number of rotatable bonds is 6. The number of hydrogen-bond acceptors (Lipinski definition) is 3. The molecular weight excluding hydrogens is 360 g/mol. The molecule has 0 saturated heterocycles. The minimum absolute atomic E-state index is 0.297. The summed E-state index contributed by atoms with van der Waals surface area (Å²) in [5, 5.41) is 3.38. The Morgan fingerprint density at radius 3 is 2.40 bits per heavy atom. The van der Waals surface area contributed by atoms with Gasteiger partial charge in [0.05, 0.1) is 11.9 Å². The van der Waals surface area contributed by atoms with E-state index < -0.39 is 16.1 Å². The number of carbonyl (C=O) groups excluding carboxylic acids is 1. The fraction of sp³-hybridized carbons (Fsp3) is 0.278. The molecule has 0 aromatic heterocycles. The Morgan fingerprint density at radius 2 is 1.84 bits per heavy atom. The van der Waals surface area contributed by atoms with Crippen LogP contribution in [0.3, 0.4) is 0 Å². The van der Waals surface area contributed by atoms with E-state index in [1.165, 1.54) is 0 Å². The second kappa shape index (κ2) is 7.89. The molecule has 2 aromatic carbocycles. The van der Waals surface area contributed by atoms with Crippen LogP contribution in [-0.4, -0.2) is 26.6 Å². The molecule has 134 valence electrons. The summed E-state index contributed by atoms with van der Waals surface area (Å²) in [7, 11) is -3.61. The van der Waals surface area contributed by atoms with Crippen molar-refractivity contribution in [3.05, 3.63) is 64.7 Å². The average molecular weight is 381 g/mol. The van der Waals surface area contributed by atoms with Gasteiger partial charge in [0.1, 0.15) is 6.04 Å². The second-order valence-corrected chi connectivity index (χ2v) is 8.21. The zero-order valence-corrected chi connectivity index (χ0v) is 15.9. The molecule has 0 unspecified atom stereocenters. The number of benzene rings is 2. The number of anilines is 1. The number of aryl methyl sites for hydroxylation is 1. The summed E-state index contributed by atoms with van der Waals surface area (Å²) in [6, 6.07) is 13.3. The Balaban J connectivity index is 2.17. The summed E-state index contributed by atoms with van der Waals surface area (Å²) in [5.41, 5.74) is 2.27. The summed E-state index contributed by atoms with van der Waals surface area (Å²) in [5.74, 6) is -0.373. The van der Waals surface area contributed by atoms with Crippen molar-refractivity contribution in [2.75, 3.05) is 10.6 Å². The van der Waals surface area contributed by atoms with Crippen molar-refractivity contribution in [3.63, 3.8) is 0 Å².